The van der Waals surface area contributed by atoms with Crippen molar-refractivity contribution in [3.8, 4) is 5.75 Å². The Morgan fingerprint density at radius 3 is 2.28 bits per heavy atom. The van der Waals surface area contributed by atoms with Gasteiger partial charge in [0, 0.05) is 10.4 Å². The van der Waals surface area contributed by atoms with Gasteiger partial charge in [0.15, 0.2) is 0 Å². The van der Waals surface area contributed by atoms with Crippen molar-refractivity contribution in [3.05, 3.63) is 28.8 Å². The number of benzene rings is 1. The normalized spacial score (nSPS) is 29.2. The third-order valence-corrected chi connectivity index (χ3v) is 6.89. The van der Waals surface area contributed by atoms with Gasteiger partial charge in [0.1, 0.15) is 5.75 Å². The van der Waals surface area contributed by atoms with Crippen LogP contribution in [0.4, 0.5) is 0 Å². The highest BCUT2D eigenvalue weighted by Gasteiger charge is 2.54. The fraction of sp³-hybridized carbons (Fsp3) is 0.571. The van der Waals surface area contributed by atoms with Crippen LogP contribution < -0.4 is 20.9 Å². The molecule has 4 bridgehead atoms. The number of amides is 3. The minimum absolute atomic E-state index is 0.0189. The number of methoxy groups -OCH3 is 1. The maximum absolute atomic E-state index is 12.9. The molecule has 1 aromatic rings. The monoisotopic (exact) mass is 419 g/mol. The van der Waals surface area contributed by atoms with Crippen molar-refractivity contribution in [1.82, 2.24) is 16.2 Å². The Bertz CT molecular complexity index is 806. The molecule has 4 fully saturated rings. The van der Waals surface area contributed by atoms with E-state index in [1.807, 2.05) is 0 Å². The number of hydrogen-bond acceptors (Lipinski definition) is 4. The summed E-state index contributed by atoms with van der Waals surface area (Å²) in [6, 6.07) is 4.64. The SMILES string of the molecule is COc1ccc(Cl)cc1C(=O)NNC(=O)CNC(=O)C12CC3CC(CC(C3)C1)C2. The van der Waals surface area contributed by atoms with Crippen molar-refractivity contribution in [2.45, 2.75) is 38.5 Å². The minimum Gasteiger partial charge on any atom is -0.496 e. The van der Waals surface area contributed by atoms with E-state index in [1.54, 1.807) is 12.1 Å². The maximum atomic E-state index is 12.9. The van der Waals surface area contributed by atoms with Gasteiger partial charge in [-0.2, -0.15) is 0 Å². The lowest BCUT2D eigenvalue weighted by atomic mass is 9.49. The Morgan fingerprint density at radius 1 is 1.07 bits per heavy atom. The molecule has 0 aromatic heterocycles. The van der Waals surface area contributed by atoms with Crippen LogP contribution in [0.3, 0.4) is 0 Å². The van der Waals surface area contributed by atoms with Crippen molar-refractivity contribution >= 4 is 29.3 Å². The average Bonchev–Trinajstić information content (AvgIpc) is 2.69. The Labute approximate surface area is 174 Å². The first kappa shape index (κ1) is 20.0. The number of hydrogen-bond donors (Lipinski definition) is 3. The van der Waals surface area contributed by atoms with Crippen LogP contribution >= 0.6 is 11.6 Å². The lowest BCUT2D eigenvalue weighted by Crippen LogP contribution is -2.55. The van der Waals surface area contributed by atoms with E-state index in [1.165, 1.54) is 32.4 Å². The molecule has 7 nitrogen and oxygen atoms in total. The van der Waals surface area contributed by atoms with E-state index in [-0.39, 0.29) is 23.4 Å². The molecule has 156 valence electrons. The summed E-state index contributed by atoms with van der Waals surface area (Å²) in [7, 11) is 1.44. The molecule has 3 N–H and O–H groups in total. The van der Waals surface area contributed by atoms with Crippen LogP contribution in [0.5, 0.6) is 5.75 Å². The highest BCUT2D eigenvalue weighted by Crippen LogP contribution is 2.60. The molecule has 0 heterocycles. The van der Waals surface area contributed by atoms with Crippen molar-refractivity contribution in [3.63, 3.8) is 0 Å². The topological polar surface area (TPSA) is 96.5 Å². The van der Waals surface area contributed by atoms with Crippen LogP contribution in [0.15, 0.2) is 18.2 Å². The third-order valence-electron chi connectivity index (χ3n) is 6.65. The highest BCUT2D eigenvalue weighted by atomic mass is 35.5. The zero-order valence-electron chi connectivity index (χ0n) is 16.4. The molecule has 8 heteroatoms. The molecule has 1 aromatic carbocycles. The maximum Gasteiger partial charge on any atom is 0.273 e. The number of rotatable bonds is 5. The molecular formula is C21H26ClN3O4. The second-order valence-corrected chi connectivity index (χ2v) is 9.16. The van der Waals surface area contributed by atoms with Gasteiger partial charge in [-0.3, -0.25) is 25.2 Å². The second-order valence-electron chi connectivity index (χ2n) is 8.73. The van der Waals surface area contributed by atoms with E-state index in [9.17, 15) is 14.4 Å². The fourth-order valence-corrected chi connectivity index (χ4v) is 6.00. The zero-order valence-corrected chi connectivity index (χ0v) is 17.2. The summed E-state index contributed by atoms with van der Waals surface area (Å²) < 4.78 is 5.13. The second kappa shape index (κ2) is 7.86. The van der Waals surface area contributed by atoms with Gasteiger partial charge in [-0.05, 0) is 74.5 Å². The third kappa shape index (κ3) is 4.06. The van der Waals surface area contributed by atoms with Gasteiger partial charge in [0.05, 0.1) is 19.2 Å². The summed E-state index contributed by atoms with van der Waals surface area (Å²) in [5.41, 5.74) is 4.57. The predicted molar refractivity (Wildman–Crippen MR) is 107 cm³/mol. The van der Waals surface area contributed by atoms with Crippen molar-refractivity contribution in [1.29, 1.82) is 0 Å². The summed E-state index contributed by atoms with van der Waals surface area (Å²) in [6.45, 7) is -0.173. The summed E-state index contributed by atoms with van der Waals surface area (Å²) in [6.07, 6.45) is 6.59. The smallest absolute Gasteiger partial charge is 0.273 e. The van der Waals surface area contributed by atoms with Crippen LogP contribution in [-0.4, -0.2) is 31.4 Å². The molecule has 0 unspecified atom stereocenters. The Morgan fingerprint density at radius 2 is 1.69 bits per heavy atom. The zero-order chi connectivity index (χ0) is 20.6. The average molecular weight is 420 g/mol. The molecule has 0 radical (unpaired) electrons. The number of carbonyl (C=O) groups excluding carboxylic acids is 3. The molecule has 0 atom stereocenters. The lowest BCUT2D eigenvalue weighted by Gasteiger charge is -2.55. The van der Waals surface area contributed by atoms with Crippen LogP contribution in [0.1, 0.15) is 48.9 Å². The molecule has 29 heavy (non-hydrogen) atoms. The van der Waals surface area contributed by atoms with E-state index in [0.717, 1.165) is 19.3 Å². The van der Waals surface area contributed by atoms with Gasteiger partial charge in [-0.1, -0.05) is 11.6 Å². The molecule has 0 spiro atoms. The molecule has 3 amide bonds. The lowest BCUT2D eigenvalue weighted by molar-refractivity contribution is -0.147. The Balaban J connectivity index is 1.28. The van der Waals surface area contributed by atoms with Gasteiger partial charge in [0.25, 0.3) is 11.8 Å². The van der Waals surface area contributed by atoms with Crippen LogP contribution in [0.25, 0.3) is 0 Å². The molecule has 4 aliphatic rings. The van der Waals surface area contributed by atoms with E-state index in [0.29, 0.717) is 28.5 Å². The van der Waals surface area contributed by atoms with Gasteiger partial charge >= 0.3 is 0 Å². The van der Waals surface area contributed by atoms with E-state index >= 15 is 0 Å². The van der Waals surface area contributed by atoms with Gasteiger partial charge in [-0.15, -0.1) is 0 Å². The van der Waals surface area contributed by atoms with Crippen molar-refractivity contribution in [2.75, 3.05) is 13.7 Å². The molecule has 5 rings (SSSR count). The number of hydrazine groups is 1. The van der Waals surface area contributed by atoms with E-state index < -0.39 is 11.8 Å². The quantitative estimate of drug-likeness (QED) is 0.638. The first-order valence-corrected chi connectivity index (χ1v) is 10.5. The summed E-state index contributed by atoms with van der Waals surface area (Å²) in [4.78, 5) is 37.3. The van der Waals surface area contributed by atoms with Crippen molar-refractivity contribution < 1.29 is 19.1 Å². The molecular weight excluding hydrogens is 394 g/mol. The molecule has 4 aliphatic carbocycles. The molecule has 0 aliphatic heterocycles. The summed E-state index contributed by atoms with van der Waals surface area (Å²) in [5.74, 6) is 1.27. The summed E-state index contributed by atoms with van der Waals surface area (Å²) >= 11 is 5.92. The Kier molecular flexibility index (Phi) is 5.42. The van der Waals surface area contributed by atoms with Gasteiger partial charge in [-0.25, -0.2) is 0 Å². The number of halogens is 1. The molecule has 0 saturated heterocycles. The first-order chi connectivity index (χ1) is 13.9. The summed E-state index contributed by atoms with van der Waals surface area (Å²) in [5, 5.41) is 3.17. The standard InChI is InChI=1S/C21H26ClN3O4/c1-29-17-3-2-15(22)7-16(17)19(27)25-24-18(26)11-23-20(28)21-8-12-4-13(9-21)6-14(5-12)10-21/h2-3,7,12-14H,4-6,8-11H2,1H3,(H,23,28)(H,24,26)(H,25,27). The highest BCUT2D eigenvalue weighted by molar-refractivity contribution is 6.31. The number of carbonyl (C=O) groups is 3. The molecule has 4 saturated carbocycles. The van der Waals surface area contributed by atoms with Gasteiger partial charge < -0.3 is 10.1 Å². The first-order valence-electron chi connectivity index (χ1n) is 10.1. The minimum atomic E-state index is -0.551. The number of ether oxygens (including phenoxy) is 1. The van der Waals surface area contributed by atoms with E-state index in [2.05, 4.69) is 16.2 Å². The number of nitrogens with one attached hydrogen (secondary N) is 3. The van der Waals surface area contributed by atoms with Gasteiger partial charge in [0.2, 0.25) is 5.91 Å². The predicted octanol–water partition coefficient (Wildman–Crippen LogP) is 2.44. The van der Waals surface area contributed by atoms with Crippen LogP contribution in [-0.2, 0) is 9.59 Å². The van der Waals surface area contributed by atoms with E-state index in [4.69, 9.17) is 16.3 Å². The van der Waals surface area contributed by atoms with Crippen molar-refractivity contribution in [2.24, 2.45) is 23.2 Å². The largest absolute Gasteiger partial charge is 0.496 e. The fourth-order valence-electron chi connectivity index (χ4n) is 5.83. The van der Waals surface area contributed by atoms with Crippen LogP contribution in [0.2, 0.25) is 5.02 Å². The Hall–Kier alpha value is -2.28. The van der Waals surface area contributed by atoms with Crippen LogP contribution in [0, 0.1) is 23.2 Å².